The third-order valence-electron chi connectivity index (χ3n) is 3.67. The third kappa shape index (κ3) is 2.90. The number of hydrogen-bond donors (Lipinski definition) is 0. The van der Waals surface area contributed by atoms with Crippen LogP contribution in [0.1, 0.15) is 23.2 Å². The van der Waals surface area contributed by atoms with E-state index in [-0.39, 0.29) is 22.5 Å². The highest BCUT2D eigenvalue weighted by Crippen LogP contribution is 2.23. The summed E-state index contributed by atoms with van der Waals surface area (Å²) < 4.78 is 15.6. The number of aromatic nitrogens is 3. The first-order chi connectivity index (χ1) is 10.1. The number of rotatable bonds is 3. The summed E-state index contributed by atoms with van der Waals surface area (Å²) >= 11 is 5.72. The lowest BCUT2D eigenvalue weighted by Crippen LogP contribution is -2.38. The molecule has 1 aromatic heterocycles. The first-order valence-corrected chi connectivity index (χ1v) is 7.13. The van der Waals surface area contributed by atoms with Crippen LogP contribution < -0.4 is 0 Å². The molecule has 5 nitrogen and oxygen atoms in total. The lowest BCUT2D eigenvalue weighted by atomic mass is 10.1. The summed E-state index contributed by atoms with van der Waals surface area (Å²) in [6.45, 7) is 1.20. The molecule has 2 aromatic rings. The van der Waals surface area contributed by atoms with Crippen LogP contribution in [0.2, 0.25) is 5.02 Å². The van der Waals surface area contributed by atoms with Crippen LogP contribution in [-0.4, -0.2) is 38.4 Å². The summed E-state index contributed by atoms with van der Waals surface area (Å²) in [5.74, 6) is -0.884. The molecule has 3 rings (SSSR count). The van der Waals surface area contributed by atoms with Crippen molar-refractivity contribution in [3.05, 3.63) is 47.0 Å². The van der Waals surface area contributed by atoms with Gasteiger partial charge in [0.15, 0.2) is 0 Å². The summed E-state index contributed by atoms with van der Waals surface area (Å²) in [4.78, 5) is 14.2. The molecule has 1 fully saturated rings. The Morgan fingerprint density at radius 2 is 2.33 bits per heavy atom. The van der Waals surface area contributed by atoms with E-state index < -0.39 is 5.82 Å². The number of carbonyl (C=O) groups excluding carboxylic acids is 1. The van der Waals surface area contributed by atoms with Crippen molar-refractivity contribution in [3.63, 3.8) is 0 Å². The van der Waals surface area contributed by atoms with Gasteiger partial charge in [-0.2, -0.15) is 0 Å². The predicted octanol–water partition coefficient (Wildman–Crippen LogP) is 2.38. The predicted molar refractivity (Wildman–Crippen MR) is 75.5 cm³/mol. The standard InChI is InChI=1S/C14H14ClFN4O/c15-10-3-4-12(13(16)8-10)14(21)20-6-1-2-11(20)9-19-7-5-17-18-19/h3-5,7-8,11H,1-2,6,9H2/t11-/m0/s1. The van der Waals surface area contributed by atoms with Gasteiger partial charge in [-0.05, 0) is 31.0 Å². The molecule has 7 heteroatoms. The molecule has 1 aliphatic heterocycles. The molecule has 0 N–H and O–H groups in total. The van der Waals surface area contributed by atoms with Crippen molar-refractivity contribution >= 4 is 17.5 Å². The average Bonchev–Trinajstić information content (AvgIpc) is 3.10. The number of benzene rings is 1. The fourth-order valence-electron chi connectivity index (χ4n) is 2.66. The van der Waals surface area contributed by atoms with Crippen LogP contribution in [0.5, 0.6) is 0 Å². The minimum Gasteiger partial charge on any atom is -0.334 e. The minimum absolute atomic E-state index is 0.00859. The van der Waals surface area contributed by atoms with Crippen molar-refractivity contribution in [1.29, 1.82) is 0 Å². The second-order valence-corrected chi connectivity index (χ2v) is 5.48. The van der Waals surface area contributed by atoms with Gasteiger partial charge >= 0.3 is 0 Å². The van der Waals surface area contributed by atoms with Crippen LogP contribution in [0.15, 0.2) is 30.6 Å². The first kappa shape index (κ1) is 14.0. The van der Waals surface area contributed by atoms with Crippen molar-refractivity contribution in [3.8, 4) is 0 Å². The highest BCUT2D eigenvalue weighted by atomic mass is 35.5. The Kier molecular flexibility index (Phi) is 3.88. The zero-order chi connectivity index (χ0) is 14.8. The highest BCUT2D eigenvalue weighted by Gasteiger charge is 2.31. The molecular weight excluding hydrogens is 295 g/mol. The van der Waals surface area contributed by atoms with E-state index in [1.807, 2.05) is 0 Å². The number of halogens is 2. The van der Waals surface area contributed by atoms with Gasteiger partial charge in [0.25, 0.3) is 5.91 Å². The van der Waals surface area contributed by atoms with Crippen LogP contribution >= 0.6 is 11.6 Å². The lowest BCUT2D eigenvalue weighted by Gasteiger charge is -2.24. The number of carbonyl (C=O) groups is 1. The van der Waals surface area contributed by atoms with Crippen LogP contribution in [0.3, 0.4) is 0 Å². The second-order valence-electron chi connectivity index (χ2n) is 5.04. The highest BCUT2D eigenvalue weighted by molar-refractivity contribution is 6.30. The van der Waals surface area contributed by atoms with Crippen LogP contribution in [-0.2, 0) is 6.54 Å². The van der Waals surface area contributed by atoms with E-state index in [2.05, 4.69) is 10.3 Å². The van der Waals surface area contributed by atoms with Gasteiger partial charge in [0, 0.05) is 17.8 Å². The van der Waals surface area contributed by atoms with Gasteiger partial charge in [-0.15, -0.1) is 5.10 Å². The van der Waals surface area contributed by atoms with Crippen molar-refractivity contribution in [1.82, 2.24) is 19.9 Å². The molecule has 1 aromatic carbocycles. The quantitative estimate of drug-likeness (QED) is 0.875. The normalized spacial score (nSPS) is 18.2. The van der Waals surface area contributed by atoms with Crippen LogP contribution in [0.25, 0.3) is 0 Å². The zero-order valence-corrected chi connectivity index (χ0v) is 12.0. The molecule has 0 spiro atoms. The minimum atomic E-state index is -0.584. The molecule has 0 unspecified atom stereocenters. The average molecular weight is 309 g/mol. The molecule has 0 aliphatic carbocycles. The van der Waals surface area contributed by atoms with E-state index in [0.717, 1.165) is 18.9 Å². The molecule has 1 atom stereocenters. The van der Waals surface area contributed by atoms with Crippen LogP contribution in [0, 0.1) is 5.82 Å². The van der Waals surface area contributed by atoms with E-state index >= 15 is 0 Å². The zero-order valence-electron chi connectivity index (χ0n) is 11.2. The summed E-state index contributed by atoms with van der Waals surface area (Å²) in [7, 11) is 0. The number of likely N-dealkylation sites (tertiary alicyclic amines) is 1. The fraction of sp³-hybridized carbons (Fsp3) is 0.357. The van der Waals surface area contributed by atoms with Gasteiger partial charge in [-0.1, -0.05) is 16.8 Å². The number of hydrogen-bond acceptors (Lipinski definition) is 3. The van der Waals surface area contributed by atoms with Gasteiger partial charge in [-0.25, -0.2) is 4.39 Å². The molecular formula is C14H14ClFN4O. The van der Waals surface area contributed by atoms with Crippen molar-refractivity contribution in [2.75, 3.05) is 6.54 Å². The fourth-order valence-corrected chi connectivity index (χ4v) is 2.82. The van der Waals surface area contributed by atoms with E-state index in [4.69, 9.17) is 11.6 Å². The third-order valence-corrected chi connectivity index (χ3v) is 3.90. The first-order valence-electron chi connectivity index (χ1n) is 6.75. The Balaban J connectivity index is 1.79. The van der Waals surface area contributed by atoms with E-state index in [9.17, 15) is 9.18 Å². The maximum Gasteiger partial charge on any atom is 0.257 e. The summed E-state index contributed by atoms with van der Waals surface area (Å²) in [6, 6.07) is 4.14. The maximum absolute atomic E-state index is 13.9. The molecule has 1 amide bonds. The Morgan fingerprint density at radius 1 is 1.48 bits per heavy atom. The summed E-state index contributed by atoms with van der Waals surface area (Å²) in [5, 5.41) is 7.95. The Bertz CT molecular complexity index is 646. The molecule has 1 aliphatic rings. The monoisotopic (exact) mass is 308 g/mol. The van der Waals surface area contributed by atoms with Gasteiger partial charge in [-0.3, -0.25) is 9.48 Å². The SMILES string of the molecule is O=C(c1ccc(Cl)cc1F)N1CCC[C@H]1Cn1ccnn1. The maximum atomic E-state index is 13.9. The van der Waals surface area contributed by atoms with E-state index in [1.165, 1.54) is 12.1 Å². The second kappa shape index (κ2) is 5.81. The Morgan fingerprint density at radius 3 is 3.05 bits per heavy atom. The number of nitrogens with zero attached hydrogens (tertiary/aromatic N) is 4. The molecule has 1 saturated heterocycles. The largest absolute Gasteiger partial charge is 0.334 e. The number of amides is 1. The van der Waals surface area contributed by atoms with Gasteiger partial charge in [0.05, 0.1) is 24.3 Å². The van der Waals surface area contributed by atoms with Crippen molar-refractivity contribution in [2.24, 2.45) is 0 Å². The van der Waals surface area contributed by atoms with Gasteiger partial charge < -0.3 is 4.90 Å². The smallest absolute Gasteiger partial charge is 0.257 e. The molecule has 0 bridgehead atoms. The van der Waals surface area contributed by atoms with Gasteiger partial charge in [0.1, 0.15) is 5.82 Å². The molecule has 0 saturated carbocycles. The summed E-state index contributed by atoms with van der Waals surface area (Å²) in [6.07, 6.45) is 5.13. The summed E-state index contributed by atoms with van der Waals surface area (Å²) in [5.41, 5.74) is 0.0601. The Hall–Kier alpha value is -1.95. The van der Waals surface area contributed by atoms with E-state index in [0.29, 0.717) is 13.1 Å². The lowest BCUT2D eigenvalue weighted by molar-refractivity contribution is 0.0716. The van der Waals surface area contributed by atoms with Crippen molar-refractivity contribution in [2.45, 2.75) is 25.4 Å². The van der Waals surface area contributed by atoms with Crippen molar-refractivity contribution < 1.29 is 9.18 Å². The van der Waals surface area contributed by atoms with E-state index in [1.54, 1.807) is 22.0 Å². The van der Waals surface area contributed by atoms with Crippen LogP contribution in [0.4, 0.5) is 4.39 Å². The molecule has 21 heavy (non-hydrogen) atoms. The Labute approximate surface area is 126 Å². The molecule has 110 valence electrons. The topological polar surface area (TPSA) is 51.0 Å². The molecule has 2 heterocycles. The molecule has 0 radical (unpaired) electrons. The van der Waals surface area contributed by atoms with Gasteiger partial charge in [0.2, 0.25) is 0 Å².